The van der Waals surface area contributed by atoms with Gasteiger partial charge in [-0.05, 0) is 32.0 Å². The number of nitrogens with one attached hydrogen (secondary N) is 2. The van der Waals surface area contributed by atoms with Crippen LogP contribution in [-0.4, -0.2) is 41.8 Å². The monoisotopic (exact) mass is 347 g/mol. The van der Waals surface area contributed by atoms with E-state index in [2.05, 4.69) is 20.3 Å². The van der Waals surface area contributed by atoms with Crippen molar-refractivity contribution in [3.05, 3.63) is 41.7 Å². The van der Waals surface area contributed by atoms with E-state index in [-0.39, 0.29) is 12.3 Å². The maximum absolute atomic E-state index is 12.2. The zero-order valence-corrected chi connectivity index (χ0v) is 14.6. The van der Waals surface area contributed by atoms with Crippen LogP contribution in [0.25, 0.3) is 0 Å². The van der Waals surface area contributed by atoms with E-state index in [1.165, 1.54) is 7.11 Å². The van der Waals surface area contributed by atoms with Gasteiger partial charge in [-0.3, -0.25) is 9.89 Å². The third-order valence-corrected chi connectivity index (χ3v) is 3.44. The van der Waals surface area contributed by atoms with E-state index < -0.39 is 17.4 Å². The average Bonchev–Trinajstić information content (AvgIpc) is 3.08. The molecular weight excluding hydrogens is 326 g/mol. The largest absolute Gasteiger partial charge is 0.493 e. The number of rotatable bonds is 7. The first-order chi connectivity index (χ1) is 11.9. The molecule has 2 rings (SSSR count). The van der Waals surface area contributed by atoms with Gasteiger partial charge in [0.1, 0.15) is 17.8 Å². The molecule has 1 amide bonds. The Hall–Kier alpha value is -3.03. The fourth-order valence-electron chi connectivity index (χ4n) is 2.10. The van der Waals surface area contributed by atoms with Crippen LogP contribution in [0.2, 0.25) is 0 Å². The number of hydrogen-bond acceptors (Lipinski definition) is 6. The lowest BCUT2D eigenvalue weighted by Crippen LogP contribution is -2.50. The number of benzene rings is 1. The summed E-state index contributed by atoms with van der Waals surface area (Å²) in [4.78, 5) is 23.8. The topological polar surface area (TPSA) is 103 Å². The van der Waals surface area contributed by atoms with Crippen molar-refractivity contribution < 1.29 is 23.8 Å². The van der Waals surface area contributed by atoms with Gasteiger partial charge in [0, 0.05) is 0 Å². The number of aromatic nitrogens is 2. The number of H-pyrrole nitrogens is 1. The number of carbonyl (C=O) groups excluding carboxylic acids is 2. The highest BCUT2D eigenvalue weighted by atomic mass is 16.5. The van der Waals surface area contributed by atoms with Gasteiger partial charge in [-0.2, -0.15) is 5.10 Å². The van der Waals surface area contributed by atoms with E-state index in [1.54, 1.807) is 39.2 Å². The summed E-state index contributed by atoms with van der Waals surface area (Å²) in [6.45, 7) is 3.28. The molecule has 0 fully saturated rings. The molecule has 1 aromatic heterocycles. The molecule has 8 heteroatoms. The summed E-state index contributed by atoms with van der Waals surface area (Å²) < 4.78 is 15.5. The van der Waals surface area contributed by atoms with Gasteiger partial charge in [-0.1, -0.05) is 12.1 Å². The molecule has 0 aliphatic carbocycles. The van der Waals surface area contributed by atoms with Gasteiger partial charge in [0.2, 0.25) is 0 Å². The number of carbonyl (C=O) groups is 2. The van der Waals surface area contributed by atoms with Crippen LogP contribution in [0.4, 0.5) is 0 Å². The average molecular weight is 347 g/mol. The number of aromatic amines is 1. The molecule has 1 aromatic carbocycles. The summed E-state index contributed by atoms with van der Waals surface area (Å²) in [7, 11) is 2.82. The molecule has 0 unspecified atom stereocenters. The number of ether oxygens (including phenoxy) is 3. The number of hydrogen-bond donors (Lipinski definition) is 2. The van der Waals surface area contributed by atoms with E-state index in [4.69, 9.17) is 9.47 Å². The van der Waals surface area contributed by atoms with Gasteiger partial charge in [-0.15, -0.1) is 0 Å². The lowest BCUT2D eigenvalue weighted by atomic mass is 10.1. The molecule has 0 radical (unpaired) electrons. The fourth-order valence-corrected chi connectivity index (χ4v) is 2.10. The number of esters is 1. The smallest absolute Gasteiger partial charge is 0.330 e. The standard InChI is InChI=1S/C17H21N3O5/c1-17(2,16(22)24-4)18-15(21)12-9-11(19-20-12)10-25-14-8-6-5-7-13(14)23-3/h5-9H,10H2,1-4H3,(H,18,21)(H,19,20). The van der Waals surface area contributed by atoms with Gasteiger partial charge in [0.05, 0.1) is 19.9 Å². The molecule has 25 heavy (non-hydrogen) atoms. The second kappa shape index (κ2) is 7.69. The fraction of sp³-hybridized carbons (Fsp3) is 0.353. The summed E-state index contributed by atoms with van der Waals surface area (Å²) in [5.74, 6) is 0.156. The van der Waals surface area contributed by atoms with Crippen LogP contribution in [0.3, 0.4) is 0 Å². The molecule has 1 heterocycles. The molecular formula is C17H21N3O5. The van der Waals surface area contributed by atoms with Gasteiger partial charge in [0.25, 0.3) is 5.91 Å². The molecule has 134 valence electrons. The van der Waals surface area contributed by atoms with Crippen molar-refractivity contribution in [2.45, 2.75) is 26.0 Å². The van der Waals surface area contributed by atoms with Crippen molar-refractivity contribution >= 4 is 11.9 Å². The Morgan fingerprint density at radius 3 is 2.52 bits per heavy atom. The minimum atomic E-state index is -1.15. The molecule has 2 aromatic rings. The van der Waals surface area contributed by atoms with Crippen LogP contribution in [0.1, 0.15) is 30.0 Å². The van der Waals surface area contributed by atoms with Gasteiger partial charge in [-0.25, -0.2) is 4.79 Å². The molecule has 0 saturated carbocycles. The van der Waals surface area contributed by atoms with Gasteiger partial charge in [0.15, 0.2) is 11.5 Å². The first-order valence-corrected chi connectivity index (χ1v) is 7.58. The number of nitrogens with zero attached hydrogens (tertiary/aromatic N) is 1. The van der Waals surface area contributed by atoms with Crippen LogP contribution in [0.5, 0.6) is 11.5 Å². The molecule has 0 saturated heterocycles. The third kappa shape index (κ3) is 4.50. The van der Waals surface area contributed by atoms with Crippen molar-refractivity contribution in [3.63, 3.8) is 0 Å². The minimum Gasteiger partial charge on any atom is -0.493 e. The Morgan fingerprint density at radius 2 is 1.88 bits per heavy atom. The predicted octanol–water partition coefficient (Wildman–Crippen LogP) is 1.68. The second-order valence-corrected chi connectivity index (χ2v) is 5.79. The Labute approximate surface area is 145 Å². The SMILES string of the molecule is COC(=O)C(C)(C)NC(=O)c1cc(COc2ccccc2OC)[nH]n1. The summed E-state index contributed by atoms with van der Waals surface area (Å²) in [5, 5.41) is 9.24. The maximum atomic E-state index is 12.2. The summed E-state index contributed by atoms with van der Waals surface area (Å²) in [6.07, 6.45) is 0. The third-order valence-electron chi connectivity index (χ3n) is 3.44. The van der Waals surface area contributed by atoms with Crippen molar-refractivity contribution in [3.8, 4) is 11.5 Å². The predicted molar refractivity (Wildman–Crippen MR) is 89.5 cm³/mol. The van der Waals surface area contributed by atoms with E-state index in [0.29, 0.717) is 17.2 Å². The molecule has 0 bridgehead atoms. The van der Waals surface area contributed by atoms with E-state index in [9.17, 15) is 9.59 Å². The Morgan fingerprint density at radius 1 is 1.20 bits per heavy atom. The molecule has 0 atom stereocenters. The highest BCUT2D eigenvalue weighted by Gasteiger charge is 2.31. The second-order valence-electron chi connectivity index (χ2n) is 5.79. The molecule has 0 aliphatic heterocycles. The zero-order valence-electron chi connectivity index (χ0n) is 14.6. The first kappa shape index (κ1) is 18.3. The van der Waals surface area contributed by atoms with Crippen LogP contribution < -0.4 is 14.8 Å². The quantitative estimate of drug-likeness (QED) is 0.739. The highest BCUT2D eigenvalue weighted by molar-refractivity contribution is 5.96. The van der Waals surface area contributed by atoms with Crippen LogP contribution in [0, 0.1) is 0 Å². The van der Waals surface area contributed by atoms with E-state index >= 15 is 0 Å². The Kier molecular flexibility index (Phi) is 5.63. The normalized spacial score (nSPS) is 10.9. The van der Waals surface area contributed by atoms with E-state index in [1.807, 2.05) is 12.1 Å². The molecule has 0 aliphatic rings. The summed E-state index contributed by atoms with van der Waals surface area (Å²) in [5.41, 5.74) is -0.402. The minimum absolute atomic E-state index is 0.149. The Bertz CT molecular complexity index is 754. The molecule has 2 N–H and O–H groups in total. The highest BCUT2D eigenvalue weighted by Crippen LogP contribution is 2.26. The number of methoxy groups -OCH3 is 2. The van der Waals surface area contributed by atoms with E-state index in [0.717, 1.165) is 0 Å². The van der Waals surface area contributed by atoms with Crippen molar-refractivity contribution in [1.29, 1.82) is 0 Å². The maximum Gasteiger partial charge on any atom is 0.330 e. The first-order valence-electron chi connectivity index (χ1n) is 7.58. The van der Waals surface area contributed by atoms with Crippen molar-refractivity contribution in [2.24, 2.45) is 0 Å². The van der Waals surface area contributed by atoms with Crippen LogP contribution >= 0.6 is 0 Å². The van der Waals surface area contributed by atoms with Crippen LogP contribution in [-0.2, 0) is 16.1 Å². The van der Waals surface area contributed by atoms with Gasteiger partial charge >= 0.3 is 5.97 Å². The van der Waals surface area contributed by atoms with Crippen molar-refractivity contribution in [1.82, 2.24) is 15.5 Å². The van der Waals surface area contributed by atoms with Crippen LogP contribution in [0.15, 0.2) is 30.3 Å². The molecule has 0 spiro atoms. The van der Waals surface area contributed by atoms with Crippen molar-refractivity contribution in [2.75, 3.05) is 14.2 Å². The Balaban J connectivity index is 2.00. The lowest BCUT2D eigenvalue weighted by Gasteiger charge is -2.22. The lowest BCUT2D eigenvalue weighted by molar-refractivity contribution is -0.146. The zero-order chi connectivity index (χ0) is 18.4. The van der Waals surface area contributed by atoms with Gasteiger partial charge < -0.3 is 19.5 Å². The summed E-state index contributed by atoms with van der Waals surface area (Å²) >= 11 is 0. The number of amides is 1. The number of para-hydroxylation sites is 2. The summed E-state index contributed by atoms with van der Waals surface area (Å²) in [6, 6.07) is 8.79. The molecule has 8 nitrogen and oxygen atoms in total.